The predicted octanol–water partition coefficient (Wildman–Crippen LogP) is 4.16. The molecule has 0 saturated carbocycles. The Morgan fingerprint density at radius 2 is 2.00 bits per heavy atom. The van der Waals surface area contributed by atoms with Crippen molar-refractivity contribution in [1.82, 2.24) is 9.88 Å². The van der Waals surface area contributed by atoms with Gasteiger partial charge in [0.2, 0.25) is 5.91 Å². The average Bonchev–Trinajstić information content (AvgIpc) is 2.82. The van der Waals surface area contributed by atoms with Crippen molar-refractivity contribution in [2.75, 3.05) is 5.75 Å². The minimum Gasteiger partial charge on any atom is -0.321 e. The minimum absolute atomic E-state index is 0.0878. The summed E-state index contributed by atoms with van der Waals surface area (Å²) in [7, 11) is 0. The molecule has 1 aromatic heterocycles. The number of hydrogen-bond donors (Lipinski definition) is 0. The Labute approximate surface area is 137 Å². The van der Waals surface area contributed by atoms with Crippen LogP contribution in [0.3, 0.4) is 0 Å². The SMILES string of the molecule is O=C1CSC(c2c(Cl)cccc2Cl)N1Cc1cccnc1. The molecule has 1 amide bonds. The van der Waals surface area contributed by atoms with Gasteiger partial charge in [-0.1, -0.05) is 35.3 Å². The first-order valence-electron chi connectivity index (χ1n) is 6.40. The van der Waals surface area contributed by atoms with E-state index in [9.17, 15) is 4.79 Å². The third kappa shape index (κ3) is 3.03. The number of thioether (sulfide) groups is 1. The van der Waals surface area contributed by atoms with Crippen molar-refractivity contribution in [3.05, 3.63) is 63.9 Å². The molecule has 0 aliphatic carbocycles. The van der Waals surface area contributed by atoms with Gasteiger partial charge in [-0.15, -0.1) is 11.8 Å². The molecular weight excluding hydrogens is 327 g/mol. The lowest BCUT2D eigenvalue weighted by Gasteiger charge is -2.25. The summed E-state index contributed by atoms with van der Waals surface area (Å²) in [6.45, 7) is 0.506. The summed E-state index contributed by atoms with van der Waals surface area (Å²) in [6, 6.07) is 9.22. The Kier molecular flexibility index (Phi) is 4.38. The van der Waals surface area contributed by atoms with Crippen molar-refractivity contribution in [2.45, 2.75) is 11.9 Å². The molecule has 3 nitrogen and oxygen atoms in total. The molecule has 1 saturated heterocycles. The molecule has 21 heavy (non-hydrogen) atoms. The normalized spacial score (nSPS) is 18.3. The molecule has 0 bridgehead atoms. The highest BCUT2D eigenvalue weighted by Crippen LogP contribution is 2.45. The molecule has 1 aromatic carbocycles. The standard InChI is InChI=1S/C15H12Cl2N2OS/c16-11-4-1-5-12(17)14(11)15-19(13(20)9-21-15)8-10-3-2-6-18-7-10/h1-7,15H,8-9H2. The Hall–Kier alpha value is -1.23. The first-order chi connectivity index (χ1) is 10.2. The van der Waals surface area contributed by atoms with E-state index in [1.807, 2.05) is 12.1 Å². The highest BCUT2D eigenvalue weighted by Gasteiger charge is 2.35. The summed E-state index contributed by atoms with van der Waals surface area (Å²) < 4.78 is 0. The zero-order valence-electron chi connectivity index (χ0n) is 11.0. The number of rotatable bonds is 3. The molecule has 2 heterocycles. The number of hydrogen-bond acceptors (Lipinski definition) is 3. The number of aromatic nitrogens is 1. The maximum absolute atomic E-state index is 12.2. The molecule has 0 N–H and O–H groups in total. The van der Waals surface area contributed by atoms with E-state index in [1.165, 1.54) is 0 Å². The van der Waals surface area contributed by atoms with E-state index < -0.39 is 0 Å². The van der Waals surface area contributed by atoms with Gasteiger partial charge in [0.1, 0.15) is 5.37 Å². The Bertz CT molecular complexity index is 646. The zero-order valence-corrected chi connectivity index (χ0v) is 13.3. The van der Waals surface area contributed by atoms with E-state index >= 15 is 0 Å². The van der Waals surface area contributed by atoms with Crippen molar-refractivity contribution >= 4 is 40.9 Å². The summed E-state index contributed by atoms with van der Waals surface area (Å²) in [4.78, 5) is 18.1. The Balaban J connectivity index is 1.93. The van der Waals surface area contributed by atoms with Crippen LogP contribution >= 0.6 is 35.0 Å². The molecular formula is C15H12Cl2N2OS. The second-order valence-electron chi connectivity index (χ2n) is 4.68. The maximum Gasteiger partial charge on any atom is 0.234 e. The second-order valence-corrected chi connectivity index (χ2v) is 6.56. The van der Waals surface area contributed by atoms with Crippen LogP contribution in [0.1, 0.15) is 16.5 Å². The number of nitrogens with zero attached hydrogens (tertiary/aromatic N) is 2. The van der Waals surface area contributed by atoms with E-state index in [0.29, 0.717) is 22.3 Å². The minimum atomic E-state index is -0.154. The van der Waals surface area contributed by atoms with Crippen LogP contribution < -0.4 is 0 Å². The van der Waals surface area contributed by atoms with Gasteiger partial charge in [0, 0.05) is 34.5 Å². The van der Waals surface area contributed by atoms with Gasteiger partial charge in [-0.05, 0) is 23.8 Å². The lowest BCUT2D eigenvalue weighted by molar-refractivity contribution is -0.128. The second kappa shape index (κ2) is 6.26. The molecule has 1 aliphatic heterocycles. The molecule has 3 rings (SSSR count). The van der Waals surface area contributed by atoms with E-state index in [0.717, 1.165) is 11.1 Å². The van der Waals surface area contributed by atoms with Gasteiger partial charge in [-0.3, -0.25) is 9.78 Å². The van der Waals surface area contributed by atoms with Gasteiger partial charge in [0.15, 0.2) is 0 Å². The largest absolute Gasteiger partial charge is 0.321 e. The van der Waals surface area contributed by atoms with Gasteiger partial charge in [0.25, 0.3) is 0 Å². The molecule has 6 heteroatoms. The molecule has 0 spiro atoms. The van der Waals surface area contributed by atoms with Crippen LogP contribution in [-0.2, 0) is 11.3 Å². The quantitative estimate of drug-likeness (QED) is 0.842. The van der Waals surface area contributed by atoms with Crippen LogP contribution in [0.4, 0.5) is 0 Å². The number of benzene rings is 1. The van der Waals surface area contributed by atoms with Gasteiger partial charge >= 0.3 is 0 Å². The fourth-order valence-corrected chi connectivity index (χ4v) is 4.29. The first kappa shape index (κ1) is 14.7. The van der Waals surface area contributed by atoms with Crippen molar-refractivity contribution in [1.29, 1.82) is 0 Å². The number of carbonyl (C=O) groups excluding carboxylic acids is 1. The van der Waals surface area contributed by atoms with Gasteiger partial charge in [-0.25, -0.2) is 0 Å². The van der Waals surface area contributed by atoms with Gasteiger partial charge in [0.05, 0.1) is 5.75 Å². The van der Waals surface area contributed by atoms with Crippen LogP contribution in [0.2, 0.25) is 10.0 Å². The van der Waals surface area contributed by atoms with E-state index in [-0.39, 0.29) is 11.3 Å². The molecule has 108 valence electrons. The number of amides is 1. The molecule has 1 atom stereocenters. The average molecular weight is 339 g/mol. The Morgan fingerprint density at radius 1 is 1.24 bits per heavy atom. The van der Waals surface area contributed by atoms with Crippen LogP contribution in [0.25, 0.3) is 0 Å². The maximum atomic E-state index is 12.2. The summed E-state index contributed by atoms with van der Waals surface area (Å²) >= 11 is 14.1. The number of pyridine rings is 1. The van der Waals surface area contributed by atoms with Gasteiger partial charge in [-0.2, -0.15) is 0 Å². The highest BCUT2D eigenvalue weighted by atomic mass is 35.5. The van der Waals surface area contributed by atoms with E-state index in [1.54, 1.807) is 47.3 Å². The van der Waals surface area contributed by atoms with Crippen molar-refractivity contribution in [3.8, 4) is 0 Å². The monoisotopic (exact) mass is 338 g/mol. The van der Waals surface area contributed by atoms with Crippen LogP contribution in [0.15, 0.2) is 42.7 Å². The smallest absolute Gasteiger partial charge is 0.234 e. The molecule has 1 aliphatic rings. The topological polar surface area (TPSA) is 33.2 Å². The van der Waals surface area contributed by atoms with Crippen molar-refractivity contribution in [2.24, 2.45) is 0 Å². The first-order valence-corrected chi connectivity index (χ1v) is 8.21. The van der Waals surface area contributed by atoms with Crippen molar-refractivity contribution in [3.63, 3.8) is 0 Å². The fraction of sp³-hybridized carbons (Fsp3) is 0.200. The predicted molar refractivity (Wildman–Crippen MR) is 86.4 cm³/mol. The number of halogens is 2. The summed E-state index contributed by atoms with van der Waals surface area (Å²) in [5.41, 5.74) is 1.79. The van der Waals surface area contributed by atoms with Crippen molar-refractivity contribution < 1.29 is 4.79 Å². The summed E-state index contributed by atoms with van der Waals surface area (Å²) in [6.07, 6.45) is 3.48. The number of carbonyl (C=O) groups is 1. The lowest BCUT2D eigenvalue weighted by Crippen LogP contribution is -2.28. The molecule has 2 aromatic rings. The Morgan fingerprint density at radius 3 is 2.67 bits per heavy atom. The summed E-state index contributed by atoms with van der Waals surface area (Å²) in [5, 5.41) is 1.02. The van der Waals surface area contributed by atoms with Crippen LogP contribution in [-0.4, -0.2) is 21.5 Å². The van der Waals surface area contributed by atoms with E-state index in [2.05, 4.69) is 4.98 Å². The zero-order chi connectivity index (χ0) is 14.8. The third-order valence-electron chi connectivity index (χ3n) is 3.29. The molecule has 0 radical (unpaired) electrons. The lowest BCUT2D eigenvalue weighted by atomic mass is 10.2. The van der Waals surface area contributed by atoms with Crippen LogP contribution in [0.5, 0.6) is 0 Å². The van der Waals surface area contributed by atoms with E-state index in [4.69, 9.17) is 23.2 Å². The highest BCUT2D eigenvalue weighted by molar-refractivity contribution is 8.00. The molecule has 1 fully saturated rings. The third-order valence-corrected chi connectivity index (χ3v) is 5.17. The van der Waals surface area contributed by atoms with Gasteiger partial charge < -0.3 is 4.90 Å². The molecule has 1 unspecified atom stereocenters. The van der Waals surface area contributed by atoms with Crippen LogP contribution in [0, 0.1) is 0 Å². The fourth-order valence-electron chi connectivity index (χ4n) is 2.30. The summed E-state index contributed by atoms with van der Waals surface area (Å²) in [5.74, 6) is 0.525.